The molecule has 0 radical (unpaired) electrons. The highest BCUT2D eigenvalue weighted by atomic mass is 35.5. The number of alkyl carbamates (subject to hydrolysis) is 1. The summed E-state index contributed by atoms with van der Waals surface area (Å²) in [7, 11) is 0. The third kappa shape index (κ3) is 6.15. The summed E-state index contributed by atoms with van der Waals surface area (Å²) in [4.78, 5) is 33.9. The van der Waals surface area contributed by atoms with Crippen molar-refractivity contribution in [2.75, 3.05) is 0 Å². The van der Waals surface area contributed by atoms with Gasteiger partial charge in [0.25, 0.3) is 6.29 Å². The first kappa shape index (κ1) is 18.8. The number of carboxylic acids is 1. The number of halogens is 1. The molecule has 0 unspecified atom stereocenters. The molecule has 1 amide bonds. The van der Waals surface area contributed by atoms with Gasteiger partial charge < -0.3 is 19.9 Å². The molecule has 0 fully saturated rings. The summed E-state index contributed by atoms with van der Waals surface area (Å²) in [5.41, 5.74) is 0.352. The molecule has 0 aliphatic rings. The van der Waals surface area contributed by atoms with E-state index in [1.165, 1.54) is 25.1 Å². The lowest BCUT2D eigenvalue weighted by molar-refractivity contribution is -0.172. The molecule has 0 saturated carbocycles. The first-order chi connectivity index (χ1) is 10.7. The lowest BCUT2D eigenvalue weighted by Gasteiger charge is -2.20. The molecule has 0 spiro atoms. The fraction of sp³-hybridized carbons (Fsp3) is 0.400. The number of aromatic carboxylic acids is 1. The number of carbonyl (C=O) groups is 3. The zero-order chi connectivity index (χ0) is 17.6. The van der Waals surface area contributed by atoms with E-state index in [1.54, 1.807) is 13.8 Å². The SMILES string of the molecule is CC(=O)O[C@H](OC(=O)NCc1ccc(Cl)cc1C(=O)O)C(C)C. The second kappa shape index (κ2) is 8.38. The summed E-state index contributed by atoms with van der Waals surface area (Å²) in [5, 5.41) is 11.8. The van der Waals surface area contributed by atoms with Gasteiger partial charge in [-0.1, -0.05) is 31.5 Å². The van der Waals surface area contributed by atoms with Crippen molar-refractivity contribution in [2.45, 2.75) is 33.6 Å². The molecule has 1 aromatic carbocycles. The van der Waals surface area contributed by atoms with Crippen LogP contribution in [0.15, 0.2) is 18.2 Å². The van der Waals surface area contributed by atoms with Crippen LogP contribution in [-0.4, -0.2) is 29.4 Å². The number of amides is 1. The fourth-order valence-electron chi connectivity index (χ4n) is 1.68. The number of esters is 1. The summed E-state index contributed by atoms with van der Waals surface area (Å²) in [6.45, 7) is 4.59. The van der Waals surface area contributed by atoms with E-state index in [-0.39, 0.29) is 23.0 Å². The summed E-state index contributed by atoms with van der Waals surface area (Å²) in [5.74, 6) is -1.95. The number of ether oxygens (including phenoxy) is 2. The summed E-state index contributed by atoms with van der Waals surface area (Å²) in [6.07, 6.45) is -1.84. The van der Waals surface area contributed by atoms with Gasteiger partial charge in [0.2, 0.25) is 0 Å². The van der Waals surface area contributed by atoms with Gasteiger partial charge in [-0.25, -0.2) is 9.59 Å². The van der Waals surface area contributed by atoms with E-state index in [9.17, 15) is 14.4 Å². The van der Waals surface area contributed by atoms with Crippen LogP contribution in [0.4, 0.5) is 4.79 Å². The van der Waals surface area contributed by atoms with Gasteiger partial charge in [-0.05, 0) is 17.7 Å². The Balaban J connectivity index is 2.69. The molecule has 7 nitrogen and oxygen atoms in total. The lowest BCUT2D eigenvalue weighted by atomic mass is 10.1. The number of hydrogen-bond acceptors (Lipinski definition) is 5. The van der Waals surface area contributed by atoms with Crippen molar-refractivity contribution in [3.05, 3.63) is 34.3 Å². The van der Waals surface area contributed by atoms with Gasteiger partial charge in [-0.2, -0.15) is 0 Å². The maximum atomic E-state index is 11.8. The monoisotopic (exact) mass is 343 g/mol. The van der Waals surface area contributed by atoms with Gasteiger partial charge in [0.1, 0.15) is 0 Å². The average molecular weight is 344 g/mol. The Morgan fingerprint density at radius 3 is 2.43 bits per heavy atom. The standard InChI is InChI=1S/C15H18ClNO6/c1-8(2)14(22-9(3)18)23-15(21)17-7-10-4-5-11(16)6-12(10)13(19)20/h4-6,8,14H,7H2,1-3H3,(H,17,21)(H,19,20)/t14-/m1/s1. The summed E-state index contributed by atoms with van der Waals surface area (Å²) >= 11 is 5.75. The summed E-state index contributed by atoms with van der Waals surface area (Å²) < 4.78 is 9.88. The van der Waals surface area contributed by atoms with Crippen LogP contribution in [0, 0.1) is 5.92 Å². The lowest BCUT2D eigenvalue weighted by Crippen LogP contribution is -2.34. The highest BCUT2D eigenvalue weighted by molar-refractivity contribution is 6.30. The predicted octanol–water partition coefficient (Wildman–Crippen LogP) is 2.81. The second-order valence-electron chi connectivity index (χ2n) is 5.09. The van der Waals surface area contributed by atoms with E-state index in [2.05, 4.69) is 5.32 Å². The minimum absolute atomic E-state index is 0.0156. The van der Waals surface area contributed by atoms with Crippen molar-refractivity contribution in [2.24, 2.45) is 5.92 Å². The van der Waals surface area contributed by atoms with Crippen molar-refractivity contribution < 1.29 is 29.0 Å². The molecule has 0 heterocycles. The van der Waals surface area contributed by atoms with Gasteiger partial charge in [0.15, 0.2) is 0 Å². The van der Waals surface area contributed by atoms with Gasteiger partial charge >= 0.3 is 18.0 Å². The van der Waals surface area contributed by atoms with E-state index in [0.717, 1.165) is 0 Å². The van der Waals surface area contributed by atoms with Crippen molar-refractivity contribution in [1.82, 2.24) is 5.32 Å². The Morgan fingerprint density at radius 2 is 1.91 bits per heavy atom. The van der Waals surface area contributed by atoms with E-state index in [0.29, 0.717) is 5.56 Å². The predicted molar refractivity (Wildman–Crippen MR) is 82.1 cm³/mol. The fourth-order valence-corrected chi connectivity index (χ4v) is 1.85. The van der Waals surface area contributed by atoms with Crippen LogP contribution in [0.1, 0.15) is 36.7 Å². The average Bonchev–Trinajstić information content (AvgIpc) is 2.44. The van der Waals surface area contributed by atoms with Crippen molar-refractivity contribution in [1.29, 1.82) is 0 Å². The molecule has 2 N–H and O–H groups in total. The molecular weight excluding hydrogens is 326 g/mol. The van der Waals surface area contributed by atoms with E-state index < -0.39 is 24.3 Å². The molecular formula is C15H18ClNO6. The van der Waals surface area contributed by atoms with Crippen LogP contribution < -0.4 is 5.32 Å². The Hall–Kier alpha value is -2.28. The maximum absolute atomic E-state index is 11.8. The van der Waals surface area contributed by atoms with Crippen LogP contribution in [-0.2, 0) is 20.8 Å². The van der Waals surface area contributed by atoms with Crippen molar-refractivity contribution in [3.8, 4) is 0 Å². The molecule has 23 heavy (non-hydrogen) atoms. The van der Waals surface area contributed by atoms with Crippen LogP contribution in [0.3, 0.4) is 0 Å². The third-order valence-electron chi connectivity index (χ3n) is 2.78. The Labute approximate surface area is 138 Å². The molecule has 1 rings (SSSR count). The smallest absolute Gasteiger partial charge is 0.410 e. The van der Waals surface area contributed by atoms with E-state index in [1.807, 2.05) is 0 Å². The number of hydrogen-bond donors (Lipinski definition) is 2. The van der Waals surface area contributed by atoms with Crippen LogP contribution in [0.2, 0.25) is 5.02 Å². The molecule has 0 aliphatic heterocycles. The highest BCUT2D eigenvalue weighted by Gasteiger charge is 2.21. The number of carboxylic acid groups (broad SMARTS) is 1. The molecule has 0 bridgehead atoms. The molecule has 0 aliphatic carbocycles. The number of carbonyl (C=O) groups excluding carboxylic acids is 2. The van der Waals surface area contributed by atoms with Gasteiger partial charge in [0.05, 0.1) is 5.56 Å². The van der Waals surface area contributed by atoms with Crippen LogP contribution in [0.5, 0.6) is 0 Å². The second-order valence-corrected chi connectivity index (χ2v) is 5.52. The topological polar surface area (TPSA) is 102 Å². The first-order valence-electron chi connectivity index (χ1n) is 6.84. The Kier molecular flexibility index (Phi) is 6.84. The van der Waals surface area contributed by atoms with Crippen molar-refractivity contribution in [3.63, 3.8) is 0 Å². The zero-order valence-corrected chi connectivity index (χ0v) is 13.7. The van der Waals surface area contributed by atoms with E-state index in [4.69, 9.17) is 26.2 Å². The molecule has 1 atom stereocenters. The molecule has 0 aromatic heterocycles. The third-order valence-corrected chi connectivity index (χ3v) is 3.01. The minimum atomic E-state index is -1.15. The normalized spacial score (nSPS) is 11.7. The highest BCUT2D eigenvalue weighted by Crippen LogP contribution is 2.16. The van der Waals surface area contributed by atoms with Gasteiger partial charge in [-0.15, -0.1) is 0 Å². The van der Waals surface area contributed by atoms with Gasteiger partial charge in [0, 0.05) is 24.4 Å². The molecule has 0 saturated heterocycles. The molecule has 126 valence electrons. The quantitative estimate of drug-likeness (QED) is 0.608. The summed E-state index contributed by atoms with van der Waals surface area (Å²) in [6, 6.07) is 4.31. The van der Waals surface area contributed by atoms with Gasteiger partial charge in [-0.3, -0.25) is 4.79 Å². The van der Waals surface area contributed by atoms with Crippen LogP contribution in [0.25, 0.3) is 0 Å². The van der Waals surface area contributed by atoms with Crippen LogP contribution >= 0.6 is 11.6 Å². The molecule has 8 heteroatoms. The molecule has 1 aromatic rings. The number of nitrogens with one attached hydrogen (secondary N) is 1. The maximum Gasteiger partial charge on any atom is 0.410 e. The number of benzene rings is 1. The Morgan fingerprint density at radius 1 is 1.26 bits per heavy atom. The van der Waals surface area contributed by atoms with E-state index >= 15 is 0 Å². The van der Waals surface area contributed by atoms with Crippen molar-refractivity contribution >= 4 is 29.6 Å². The zero-order valence-electron chi connectivity index (χ0n) is 13.0. The largest absolute Gasteiger partial charge is 0.478 e. The number of rotatable bonds is 6. The first-order valence-corrected chi connectivity index (χ1v) is 7.22. The Bertz CT molecular complexity index is 602. The minimum Gasteiger partial charge on any atom is -0.478 e.